The molecule has 4 atom stereocenters. The summed E-state index contributed by atoms with van der Waals surface area (Å²) in [4.78, 5) is 69.0. The second-order valence-corrected chi connectivity index (χ2v) is 21.2. The summed E-state index contributed by atoms with van der Waals surface area (Å²) in [5.41, 5.74) is 9.15. The number of urea groups is 1. The van der Waals surface area contributed by atoms with E-state index in [1.165, 1.54) is 33.2 Å². The summed E-state index contributed by atoms with van der Waals surface area (Å²) in [6.45, 7) is 13.1. The van der Waals surface area contributed by atoms with Gasteiger partial charge in [0.25, 0.3) is 5.91 Å². The average molecular weight is 1040 g/mol. The molecule has 3 aliphatic rings. The number of aromatic nitrogens is 3. The first kappa shape index (κ1) is 57.8. The lowest BCUT2D eigenvalue weighted by Gasteiger charge is -2.38. The van der Waals surface area contributed by atoms with Gasteiger partial charge in [-0.25, -0.2) is 23.6 Å². The number of hydrogen-bond donors (Lipinski definition) is 2. The maximum absolute atomic E-state index is 14.5. The molecule has 0 aliphatic carbocycles. The lowest BCUT2D eigenvalue weighted by molar-refractivity contribution is -0.155. The molecule has 1 aromatic carbocycles. The molecule has 7 rings (SSSR count). The van der Waals surface area contributed by atoms with Crippen molar-refractivity contribution in [2.45, 2.75) is 98.0 Å². The molecule has 6 heterocycles. The van der Waals surface area contributed by atoms with Crippen LogP contribution in [0.1, 0.15) is 76.8 Å². The summed E-state index contributed by atoms with van der Waals surface area (Å²) in [5.74, 6) is -2.11. The number of carbonyl (C=O) groups is 4. The highest BCUT2D eigenvalue weighted by Gasteiger charge is 2.39. The Labute approximate surface area is 426 Å². The van der Waals surface area contributed by atoms with Crippen LogP contribution in [-0.2, 0) is 53.1 Å². The van der Waals surface area contributed by atoms with Gasteiger partial charge in [-0.05, 0) is 68.9 Å². The van der Waals surface area contributed by atoms with Gasteiger partial charge >= 0.3 is 12.0 Å². The van der Waals surface area contributed by atoms with Gasteiger partial charge in [-0.3, -0.25) is 24.4 Å². The molecule has 0 radical (unpaired) electrons. The number of nitrogens with zero attached hydrogens (tertiary/aromatic N) is 6. The van der Waals surface area contributed by atoms with Crippen LogP contribution in [0.5, 0.6) is 0 Å². The highest BCUT2D eigenvalue weighted by atomic mass is 32.2. The fourth-order valence-electron chi connectivity index (χ4n) is 8.99. The minimum Gasteiger partial charge on any atom is -0.464 e. The SMILES string of the molecule is CCn1c(-c2cccnc2[C@H](C)OC)c2c3cc(ccc31)-c1csc(n1)C[C@H](NC(=O)[C@H](C(C)C)N(C)C(=O)N1CCS(=O)(=O)CC1)C(=O)N1CCC[C@H](N1)C(=O)OCC(C)(C)C2.S.S.S.S. The van der Waals surface area contributed by atoms with Crippen LogP contribution < -0.4 is 10.7 Å². The number of carbonyl (C=O) groups excluding carboxylic acids is 4. The number of amides is 4. The minimum absolute atomic E-state index is 0. The Morgan fingerprint density at radius 1 is 1.07 bits per heavy atom. The van der Waals surface area contributed by atoms with Crippen molar-refractivity contribution >= 4 is 110 Å². The monoisotopic (exact) mass is 1040 g/mol. The van der Waals surface area contributed by atoms with E-state index < -0.39 is 57.2 Å². The molecule has 2 N–H and O–H groups in total. The Kier molecular flexibility index (Phi) is 20.6. The fourth-order valence-corrected chi connectivity index (χ4v) is 11.0. The zero-order chi connectivity index (χ0) is 45.4. The molecule has 0 unspecified atom stereocenters. The van der Waals surface area contributed by atoms with Crippen LogP contribution in [0, 0.1) is 11.3 Å². The van der Waals surface area contributed by atoms with Gasteiger partial charge in [0.1, 0.15) is 18.1 Å². The molecular weight excluding hydrogens is 973 g/mol. The first-order valence-corrected chi connectivity index (χ1v) is 24.5. The van der Waals surface area contributed by atoms with Crippen LogP contribution in [-0.4, -0.2) is 132 Å². The molecule has 4 aromatic rings. The van der Waals surface area contributed by atoms with Crippen molar-refractivity contribution in [2.75, 3.05) is 51.9 Å². The number of ether oxygens (including phenoxy) is 2. The maximum Gasteiger partial charge on any atom is 0.324 e. The van der Waals surface area contributed by atoms with Crippen molar-refractivity contribution in [3.63, 3.8) is 0 Å². The van der Waals surface area contributed by atoms with Crippen LogP contribution in [0.2, 0.25) is 0 Å². The van der Waals surface area contributed by atoms with Crippen LogP contribution >= 0.6 is 65.3 Å². The van der Waals surface area contributed by atoms with Crippen molar-refractivity contribution in [3.05, 3.63) is 58.2 Å². The molecule has 6 bridgehead atoms. The number of nitrogens with one attached hydrogen (secondary N) is 2. The summed E-state index contributed by atoms with van der Waals surface area (Å²) in [6, 6.07) is 6.99. The molecular formula is C45H68N8O8S6. The van der Waals surface area contributed by atoms with Gasteiger partial charge in [0, 0.05) is 85.8 Å². The lowest BCUT2D eigenvalue weighted by atomic mass is 9.84. The first-order chi connectivity index (χ1) is 29.9. The van der Waals surface area contributed by atoms with Crippen LogP contribution in [0.4, 0.5) is 4.79 Å². The third-order valence-electron chi connectivity index (χ3n) is 12.4. The third-order valence-corrected chi connectivity index (χ3v) is 14.9. The first-order valence-electron chi connectivity index (χ1n) is 21.8. The highest BCUT2D eigenvalue weighted by Crippen LogP contribution is 2.42. The van der Waals surface area contributed by atoms with E-state index in [4.69, 9.17) is 19.4 Å². The van der Waals surface area contributed by atoms with E-state index in [2.05, 4.69) is 54.3 Å². The van der Waals surface area contributed by atoms with Gasteiger partial charge in [-0.1, -0.05) is 33.8 Å². The normalized spacial score (nSPS) is 20.1. The molecule has 3 aromatic heterocycles. The molecule has 0 saturated carbocycles. The van der Waals surface area contributed by atoms with E-state index in [0.717, 1.165) is 44.7 Å². The number of hydrazine groups is 1. The standard InChI is InChI=1S/C45H60N8O8S2.4H2S/c1-9-52-36-15-14-29-22-31(36)32(40(52)30-12-10-16-46-38(30)28(4)60-8)24-45(5,6)26-61-43(56)33-13-11-17-53(49-33)42(55)34(23-37-47-35(29)25-62-37)48-41(54)39(27(2)3)50(7)44(57)51-18-20-63(58,59)21-19-51;;;;/h10,12,14-16,22,25,27-28,33-34,39,49H,9,11,13,17-21,23-24,26H2,1-8H3,(H,48,54);4*1H2/t28-,33-,34-,39-;;;;/m0..../s1. The summed E-state index contributed by atoms with van der Waals surface area (Å²) in [6.07, 6.45) is 3.11. The summed E-state index contributed by atoms with van der Waals surface area (Å²) >= 11 is 1.39. The maximum atomic E-state index is 14.5. The molecule has 67 heavy (non-hydrogen) atoms. The van der Waals surface area contributed by atoms with E-state index in [-0.39, 0.29) is 104 Å². The largest absolute Gasteiger partial charge is 0.464 e. The van der Waals surface area contributed by atoms with Gasteiger partial charge < -0.3 is 29.2 Å². The lowest BCUT2D eigenvalue weighted by Crippen LogP contribution is -2.62. The van der Waals surface area contributed by atoms with Gasteiger partial charge in [-0.2, -0.15) is 54.0 Å². The topological polar surface area (TPSA) is 185 Å². The minimum atomic E-state index is -3.24. The van der Waals surface area contributed by atoms with E-state index >= 15 is 0 Å². The number of thiazole rings is 1. The number of fused-ring (bicyclic) bond motifs is 6. The number of hydrogen-bond acceptors (Lipinski definition) is 12. The number of likely N-dealkylation sites (N-methyl/N-ethyl adjacent to an activating group) is 1. The Bertz CT molecular complexity index is 2480. The zero-order valence-corrected chi connectivity index (χ0v) is 45.1. The average Bonchev–Trinajstić information content (AvgIpc) is 3.85. The number of benzene rings is 1. The van der Waals surface area contributed by atoms with Crippen LogP contribution in [0.15, 0.2) is 41.9 Å². The van der Waals surface area contributed by atoms with Gasteiger partial charge in [0.15, 0.2) is 9.84 Å². The number of rotatable bonds is 8. The van der Waals surface area contributed by atoms with E-state index in [1.807, 2.05) is 38.3 Å². The zero-order valence-electron chi connectivity index (χ0n) is 39.5. The van der Waals surface area contributed by atoms with Gasteiger partial charge in [0.2, 0.25) is 5.91 Å². The van der Waals surface area contributed by atoms with Crippen LogP contribution in [0.3, 0.4) is 0 Å². The Hall–Kier alpha value is -3.51. The number of cyclic esters (lactones) is 1. The van der Waals surface area contributed by atoms with E-state index in [9.17, 15) is 27.6 Å². The molecule has 22 heteroatoms. The molecule has 0 spiro atoms. The smallest absolute Gasteiger partial charge is 0.324 e. The quantitative estimate of drug-likeness (QED) is 0.214. The summed E-state index contributed by atoms with van der Waals surface area (Å²) in [5, 5.41) is 7.96. The summed E-state index contributed by atoms with van der Waals surface area (Å²) < 4.78 is 38.4. The molecule has 2 fully saturated rings. The molecule has 2 saturated heterocycles. The highest BCUT2D eigenvalue weighted by molar-refractivity contribution is 7.91. The number of sulfone groups is 1. The Balaban J connectivity index is 0.00000298. The Morgan fingerprint density at radius 2 is 1.78 bits per heavy atom. The predicted molar refractivity (Wildman–Crippen MR) is 283 cm³/mol. The van der Waals surface area contributed by atoms with Crippen molar-refractivity contribution in [3.8, 4) is 22.5 Å². The fraction of sp³-hybridized carbons (Fsp3) is 0.556. The van der Waals surface area contributed by atoms with Crippen molar-refractivity contribution in [1.82, 2.24) is 40.1 Å². The number of methoxy groups -OCH3 is 1. The van der Waals surface area contributed by atoms with Crippen molar-refractivity contribution in [1.29, 1.82) is 0 Å². The second-order valence-electron chi connectivity index (χ2n) is 18.0. The van der Waals surface area contributed by atoms with E-state index in [1.54, 1.807) is 13.3 Å². The van der Waals surface area contributed by atoms with Gasteiger partial charge in [0.05, 0.1) is 46.3 Å². The van der Waals surface area contributed by atoms with Crippen molar-refractivity contribution in [2.24, 2.45) is 11.3 Å². The van der Waals surface area contributed by atoms with E-state index in [0.29, 0.717) is 37.4 Å². The number of pyridine rings is 1. The summed E-state index contributed by atoms with van der Waals surface area (Å²) in [7, 11) is -0.0367. The Morgan fingerprint density at radius 3 is 2.43 bits per heavy atom. The number of aryl methyl sites for hydroxylation is 1. The van der Waals surface area contributed by atoms with Gasteiger partial charge in [-0.15, -0.1) is 11.3 Å². The molecule has 16 nitrogen and oxygen atoms in total. The van der Waals surface area contributed by atoms with Crippen molar-refractivity contribution < 1.29 is 37.1 Å². The molecule has 372 valence electrons. The molecule has 3 aliphatic heterocycles. The predicted octanol–water partition coefficient (Wildman–Crippen LogP) is 5.46. The van der Waals surface area contributed by atoms with Crippen LogP contribution in [0.25, 0.3) is 33.4 Å². The number of esters is 1. The second kappa shape index (κ2) is 23.9. The molecule has 4 amide bonds. The third kappa shape index (κ3) is 12.6.